The van der Waals surface area contributed by atoms with E-state index in [1.54, 1.807) is 0 Å². The lowest BCUT2D eigenvalue weighted by Crippen LogP contribution is -2.26. The van der Waals surface area contributed by atoms with Crippen LogP contribution in [0.25, 0.3) is 98.4 Å². The number of hydrogen-bond donors (Lipinski definition) is 0. The lowest BCUT2D eigenvalue weighted by atomic mass is 9.70. The van der Waals surface area contributed by atoms with Gasteiger partial charge in [-0.15, -0.1) is 0 Å². The van der Waals surface area contributed by atoms with Gasteiger partial charge in [0.05, 0.1) is 16.8 Å². The summed E-state index contributed by atoms with van der Waals surface area (Å²) in [7, 11) is 0. The zero-order valence-corrected chi connectivity index (χ0v) is 36.4. The third-order valence-corrected chi connectivity index (χ3v) is 15.0. The van der Waals surface area contributed by atoms with Crippen LogP contribution in [0.5, 0.6) is 0 Å². The van der Waals surface area contributed by atoms with Crippen LogP contribution in [0.15, 0.2) is 241 Å². The van der Waals surface area contributed by atoms with Crippen molar-refractivity contribution in [1.29, 1.82) is 0 Å². The molecule has 0 unspecified atom stereocenters. The fraction of sp³-hybridized carbons (Fsp3) is 0.0154. The Hall–Kier alpha value is -8.72. The standard InChI is InChI=1S/C65H39NO/c1-2-19-42-40(17-1)18-15-33-61(42)66(41-35-36-47-45-22-4-3-20-43(45)44-21-5-6-23-46(44)54(47)37-41)62-39-60-55(38-56(62)53-29-16-28-52-51-27-10-14-34-63(51)67-64(52)53)50-26-9-13-32-59(50)65(60)57-30-11-7-24-48(57)49-25-8-12-31-58(49)65/h1-39H. The Balaban J connectivity index is 1.12. The topological polar surface area (TPSA) is 16.4 Å². The van der Waals surface area contributed by atoms with Crippen LogP contribution in [0, 0.1) is 0 Å². The Kier molecular flexibility index (Phi) is 7.46. The summed E-state index contributed by atoms with van der Waals surface area (Å²) in [6.45, 7) is 0. The summed E-state index contributed by atoms with van der Waals surface area (Å²) in [4.78, 5) is 2.55. The molecule has 2 aliphatic rings. The largest absolute Gasteiger partial charge is 0.455 e. The second-order valence-corrected chi connectivity index (χ2v) is 18.2. The molecule has 0 radical (unpaired) electrons. The number of fused-ring (bicyclic) bond motifs is 20. The van der Waals surface area contributed by atoms with E-state index in [1.807, 2.05) is 0 Å². The lowest BCUT2D eigenvalue weighted by Gasteiger charge is -2.34. The molecule has 310 valence electrons. The minimum Gasteiger partial charge on any atom is -0.455 e. The van der Waals surface area contributed by atoms with Crippen molar-refractivity contribution in [3.8, 4) is 33.4 Å². The molecule has 1 spiro atoms. The summed E-state index contributed by atoms with van der Waals surface area (Å²) in [5.74, 6) is 0. The zero-order chi connectivity index (χ0) is 43.8. The molecule has 0 saturated carbocycles. The van der Waals surface area contributed by atoms with E-state index in [0.29, 0.717) is 0 Å². The Bertz CT molecular complexity index is 4160. The van der Waals surface area contributed by atoms with Gasteiger partial charge in [0.1, 0.15) is 11.2 Å². The van der Waals surface area contributed by atoms with Gasteiger partial charge in [-0.1, -0.05) is 200 Å². The highest BCUT2D eigenvalue weighted by Gasteiger charge is 2.52. The van der Waals surface area contributed by atoms with Crippen molar-refractivity contribution in [3.05, 3.63) is 259 Å². The smallest absolute Gasteiger partial charge is 0.143 e. The van der Waals surface area contributed by atoms with Crippen molar-refractivity contribution >= 4 is 82.1 Å². The molecule has 0 atom stereocenters. The summed E-state index contributed by atoms with van der Waals surface area (Å²) in [5, 5.41) is 12.1. The van der Waals surface area contributed by atoms with Gasteiger partial charge in [0, 0.05) is 33.0 Å². The quantitative estimate of drug-likeness (QED) is 0.164. The van der Waals surface area contributed by atoms with E-state index < -0.39 is 5.41 Å². The number of benzene rings is 12. The second-order valence-electron chi connectivity index (χ2n) is 18.2. The minimum atomic E-state index is -0.541. The van der Waals surface area contributed by atoms with Gasteiger partial charge >= 0.3 is 0 Å². The van der Waals surface area contributed by atoms with E-state index in [4.69, 9.17) is 4.42 Å². The molecule has 12 aromatic carbocycles. The fourth-order valence-electron chi connectivity index (χ4n) is 12.3. The third kappa shape index (κ3) is 4.89. The number of rotatable bonds is 4. The summed E-state index contributed by atoms with van der Waals surface area (Å²) >= 11 is 0. The molecule has 0 saturated heterocycles. The SMILES string of the molecule is c1ccc2c(c1)-c1ccccc1C21c2ccccc2-c2cc(-c3cccc4c3oc3ccccc34)c(N(c3ccc4c5ccccc5c5ccccc5c4c3)c3cccc4ccccc34)cc21. The highest BCUT2D eigenvalue weighted by Crippen LogP contribution is 2.64. The Morgan fingerprint density at radius 1 is 0.284 bits per heavy atom. The predicted octanol–water partition coefficient (Wildman–Crippen LogP) is 17.7. The van der Waals surface area contributed by atoms with Crippen LogP contribution in [-0.2, 0) is 5.41 Å². The molecule has 1 heterocycles. The highest BCUT2D eigenvalue weighted by atomic mass is 16.3. The average Bonchev–Trinajstić information content (AvgIpc) is 4.03. The van der Waals surface area contributed by atoms with Crippen molar-refractivity contribution in [2.45, 2.75) is 5.41 Å². The highest BCUT2D eigenvalue weighted by molar-refractivity contribution is 6.26. The first-order chi connectivity index (χ1) is 33.3. The minimum absolute atomic E-state index is 0.541. The molecule has 0 N–H and O–H groups in total. The van der Waals surface area contributed by atoms with Crippen LogP contribution >= 0.6 is 0 Å². The molecule has 67 heavy (non-hydrogen) atoms. The van der Waals surface area contributed by atoms with Crippen molar-refractivity contribution in [1.82, 2.24) is 0 Å². The van der Waals surface area contributed by atoms with Crippen LogP contribution < -0.4 is 4.90 Å². The zero-order valence-electron chi connectivity index (χ0n) is 36.4. The van der Waals surface area contributed by atoms with Crippen LogP contribution in [0.1, 0.15) is 22.3 Å². The molecule has 2 heteroatoms. The lowest BCUT2D eigenvalue weighted by molar-refractivity contribution is 0.670. The van der Waals surface area contributed by atoms with Crippen LogP contribution in [0.2, 0.25) is 0 Å². The number of anilines is 3. The Labute approximate surface area is 387 Å². The van der Waals surface area contributed by atoms with Gasteiger partial charge in [-0.2, -0.15) is 0 Å². The second kappa shape index (κ2) is 13.7. The van der Waals surface area contributed by atoms with E-state index in [2.05, 4.69) is 241 Å². The normalized spacial score (nSPS) is 13.2. The molecular formula is C65H39NO. The molecule has 1 aromatic heterocycles. The third-order valence-electron chi connectivity index (χ3n) is 15.0. The average molecular weight is 850 g/mol. The number of furan rings is 1. The number of para-hydroxylation sites is 2. The Morgan fingerprint density at radius 2 is 0.776 bits per heavy atom. The number of hydrogen-bond acceptors (Lipinski definition) is 2. The van der Waals surface area contributed by atoms with E-state index >= 15 is 0 Å². The molecule has 0 fully saturated rings. The maximum Gasteiger partial charge on any atom is 0.143 e. The monoisotopic (exact) mass is 849 g/mol. The van der Waals surface area contributed by atoms with Gasteiger partial charge < -0.3 is 9.32 Å². The number of nitrogens with zero attached hydrogens (tertiary/aromatic N) is 1. The van der Waals surface area contributed by atoms with E-state index in [0.717, 1.165) is 50.1 Å². The van der Waals surface area contributed by atoms with E-state index in [1.165, 1.54) is 87.6 Å². The van der Waals surface area contributed by atoms with Crippen molar-refractivity contribution in [2.75, 3.05) is 4.90 Å². The molecule has 13 aromatic rings. The molecule has 15 rings (SSSR count). The van der Waals surface area contributed by atoms with E-state index in [-0.39, 0.29) is 0 Å². The van der Waals surface area contributed by atoms with Crippen LogP contribution in [0.3, 0.4) is 0 Å². The molecular weight excluding hydrogens is 811 g/mol. The summed E-state index contributed by atoms with van der Waals surface area (Å²) in [6.07, 6.45) is 0. The molecule has 2 aliphatic carbocycles. The molecule has 0 bridgehead atoms. The van der Waals surface area contributed by atoms with Crippen LogP contribution in [0.4, 0.5) is 17.1 Å². The van der Waals surface area contributed by atoms with Gasteiger partial charge in [0.25, 0.3) is 0 Å². The summed E-state index contributed by atoms with van der Waals surface area (Å²) in [5.41, 5.74) is 17.0. The maximum atomic E-state index is 6.96. The van der Waals surface area contributed by atoms with Crippen molar-refractivity contribution in [2.24, 2.45) is 0 Å². The summed E-state index contributed by atoms with van der Waals surface area (Å²) in [6, 6.07) is 87.9. The van der Waals surface area contributed by atoms with Crippen LogP contribution in [-0.4, -0.2) is 0 Å². The predicted molar refractivity (Wildman–Crippen MR) is 280 cm³/mol. The molecule has 2 nitrogen and oxygen atoms in total. The molecule has 0 amide bonds. The molecule has 0 aliphatic heterocycles. The van der Waals surface area contributed by atoms with Crippen molar-refractivity contribution < 1.29 is 4.42 Å². The first-order valence-electron chi connectivity index (χ1n) is 23.3. The maximum absolute atomic E-state index is 6.96. The Morgan fingerprint density at radius 3 is 1.46 bits per heavy atom. The van der Waals surface area contributed by atoms with Gasteiger partial charge in [0.15, 0.2) is 0 Å². The first kappa shape index (κ1) is 36.6. The van der Waals surface area contributed by atoms with Gasteiger partial charge in [-0.25, -0.2) is 0 Å². The summed E-state index contributed by atoms with van der Waals surface area (Å²) < 4.78 is 6.96. The van der Waals surface area contributed by atoms with Gasteiger partial charge in [0.2, 0.25) is 0 Å². The van der Waals surface area contributed by atoms with Crippen molar-refractivity contribution in [3.63, 3.8) is 0 Å². The van der Waals surface area contributed by atoms with Gasteiger partial charge in [-0.05, 0) is 119 Å². The fourth-order valence-corrected chi connectivity index (χ4v) is 12.3. The first-order valence-corrected chi connectivity index (χ1v) is 23.3. The van der Waals surface area contributed by atoms with Gasteiger partial charge in [-0.3, -0.25) is 0 Å². The van der Waals surface area contributed by atoms with E-state index in [9.17, 15) is 0 Å².